The maximum Gasteiger partial charge on any atom is 0.337 e. The maximum atomic E-state index is 13.6. The van der Waals surface area contributed by atoms with E-state index in [-0.39, 0.29) is 23.8 Å². The number of carbonyl (C=O) groups is 3. The van der Waals surface area contributed by atoms with Crippen molar-refractivity contribution in [3.8, 4) is 17.1 Å². The van der Waals surface area contributed by atoms with E-state index in [0.717, 1.165) is 30.6 Å². The molecular formula is C28H30N6O4. The summed E-state index contributed by atoms with van der Waals surface area (Å²) in [6, 6.07) is 13.4. The molecule has 6 rings (SSSR count). The number of fused-ring (bicyclic) bond motifs is 3. The number of benzene rings is 2. The Morgan fingerprint density at radius 2 is 1.87 bits per heavy atom. The molecule has 2 aromatic carbocycles. The van der Waals surface area contributed by atoms with E-state index in [9.17, 15) is 14.4 Å². The van der Waals surface area contributed by atoms with Gasteiger partial charge in [-0.05, 0) is 43.0 Å². The molecule has 3 aromatic rings. The first-order valence-electron chi connectivity index (χ1n) is 13.0. The van der Waals surface area contributed by atoms with Gasteiger partial charge in [0.25, 0.3) is 5.91 Å². The quantitative estimate of drug-likeness (QED) is 0.522. The minimum atomic E-state index is -0.666. The lowest BCUT2D eigenvalue weighted by molar-refractivity contribution is -0.119. The van der Waals surface area contributed by atoms with Gasteiger partial charge in [-0.3, -0.25) is 14.5 Å². The predicted molar refractivity (Wildman–Crippen MR) is 143 cm³/mol. The molecule has 1 aromatic heterocycles. The minimum Gasteiger partial charge on any atom is -0.491 e. The van der Waals surface area contributed by atoms with Crippen molar-refractivity contribution in [2.45, 2.75) is 45.3 Å². The fourth-order valence-electron chi connectivity index (χ4n) is 5.73. The highest BCUT2D eigenvalue weighted by molar-refractivity contribution is 6.28. The van der Waals surface area contributed by atoms with Crippen LogP contribution in [0.3, 0.4) is 0 Å². The Bertz CT molecular complexity index is 1420. The van der Waals surface area contributed by atoms with E-state index in [4.69, 9.17) is 15.5 Å². The molecular weight excluding hydrogens is 484 g/mol. The van der Waals surface area contributed by atoms with Gasteiger partial charge < -0.3 is 19.9 Å². The van der Waals surface area contributed by atoms with Gasteiger partial charge in [-0.1, -0.05) is 32.0 Å². The normalized spacial score (nSPS) is 21.0. The largest absolute Gasteiger partial charge is 0.491 e. The number of hydrogen-bond acceptors (Lipinski definition) is 6. The van der Waals surface area contributed by atoms with Crippen LogP contribution < -0.4 is 25.2 Å². The zero-order chi connectivity index (χ0) is 26.6. The molecule has 2 N–H and O–H groups in total. The van der Waals surface area contributed by atoms with Crippen molar-refractivity contribution in [3.63, 3.8) is 0 Å². The molecule has 0 radical (unpaired) electrons. The number of imidazole rings is 1. The third kappa shape index (κ3) is 3.79. The number of rotatable bonds is 5. The second-order valence-electron chi connectivity index (χ2n) is 10.2. The van der Waals surface area contributed by atoms with Crippen LogP contribution in [0, 0.1) is 5.92 Å². The van der Waals surface area contributed by atoms with Crippen molar-refractivity contribution in [1.29, 1.82) is 0 Å². The number of imide groups is 1. The molecule has 0 spiro atoms. The molecule has 0 saturated carbocycles. The monoisotopic (exact) mass is 514 g/mol. The van der Waals surface area contributed by atoms with Crippen LogP contribution in [0.2, 0.25) is 0 Å². The van der Waals surface area contributed by atoms with Gasteiger partial charge in [0.15, 0.2) is 5.82 Å². The van der Waals surface area contributed by atoms with Gasteiger partial charge in [0, 0.05) is 24.5 Å². The number of anilines is 3. The summed E-state index contributed by atoms with van der Waals surface area (Å²) in [7, 11) is 0. The van der Waals surface area contributed by atoms with Gasteiger partial charge in [-0.15, -0.1) is 0 Å². The topological polar surface area (TPSA) is 114 Å². The third-order valence-electron chi connectivity index (χ3n) is 7.51. The smallest absolute Gasteiger partial charge is 0.337 e. The van der Waals surface area contributed by atoms with Crippen molar-refractivity contribution < 1.29 is 19.1 Å². The maximum absolute atomic E-state index is 13.6. The van der Waals surface area contributed by atoms with Gasteiger partial charge in [0.2, 0.25) is 5.91 Å². The van der Waals surface area contributed by atoms with Crippen molar-refractivity contribution in [2.75, 3.05) is 27.9 Å². The molecule has 4 amide bonds. The standard InChI is InChI=1S/C28H30N6O4/c1-17(2)24-27(36)33(18-7-4-3-5-8-18)28(37)34(24)23-16-31-13-14-38-22-15-19(10-11-20(22)26(31)30-23)32-12-6-9-21(32)25(29)35/h3-5,7-8,10-11,15-17,21,24H,6,9,12-14H2,1-2H3,(H2,29,35)/t21-,24-/m0/s1. The molecule has 0 aliphatic carbocycles. The highest BCUT2D eigenvalue weighted by atomic mass is 16.5. The number of amides is 4. The summed E-state index contributed by atoms with van der Waals surface area (Å²) in [5, 5.41) is 0. The molecule has 196 valence electrons. The van der Waals surface area contributed by atoms with Crippen LogP contribution in [-0.2, 0) is 16.1 Å². The van der Waals surface area contributed by atoms with Gasteiger partial charge in [-0.2, -0.15) is 0 Å². The van der Waals surface area contributed by atoms with Crippen molar-refractivity contribution in [3.05, 3.63) is 54.7 Å². The van der Waals surface area contributed by atoms with Crippen LogP contribution in [0.25, 0.3) is 11.4 Å². The van der Waals surface area contributed by atoms with E-state index in [2.05, 4.69) is 0 Å². The van der Waals surface area contributed by atoms with Crippen LogP contribution in [0.1, 0.15) is 26.7 Å². The van der Waals surface area contributed by atoms with Crippen molar-refractivity contribution in [1.82, 2.24) is 9.55 Å². The average molecular weight is 515 g/mol. The summed E-state index contributed by atoms with van der Waals surface area (Å²) < 4.78 is 8.04. The molecule has 2 saturated heterocycles. The molecule has 2 fully saturated rings. The summed E-state index contributed by atoms with van der Waals surface area (Å²) in [6.07, 6.45) is 3.46. The molecule has 0 unspecified atom stereocenters. The Morgan fingerprint density at radius 1 is 1.08 bits per heavy atom. The number of aromatic nitrogens is 2. The van der Waals surface area contributed by atoms with Gasteiger partial charge in [0.1, 0.15) is 30.3 Å². The lowest BCUT2D eigenvalue weighted by atomic mass is 10.0. The number of para-hydroxylation sites is 1. The number of nitrogens with zero attached hydrogens (tertiary/aromatic N) is 5. The molecule has 10 nitrogen and oxygen atoms in total. The Balaban J connectivity index is 1.38. The summed E-state index contributed by atoms with van der Waals surface area (Å²) in [5.41, 5.74) is 7.83. The average Bonchev–Trinajstić information content (AvgIpc) is 3.58. The summed E-state index contributed by atoms with van der Waals surface area (Å²) in [5.74, 6) is 1.05. The highest BCUT2D eigenvalue weighted by Crippen LogP contribution is 2.39. The van der Waals surface area contributed by atoms with E-state index in [1.165, 1.54) is 9.80 Å². The Hall–Kier alpha value is -4.34. The summed E-state index contributed by atoms with van der Waals surface area (Å²) in [4.78, 5) is 48.7. The van der Waals surface area contributed by atoms with Crippen LogP contribution in [0.15, 0.2) is 54.7 Å². The van der Waals surface area contributed by atoms with Crippen LogP contribution in [-0.4, -0.2) is 52.6 Å². The molecule has 3 aliphatic heterocycles. The molecule has 38 heavy (non-hydrogen) atoms. The Morgan fingerprint density at radius 3 is 2.61 bits per heavy atom. The highest BCUT2D eigenvalue weighted by Gasteiger charge is 2.49. The van der Waals surface area contributed by atoms with E-state index in [1.807, 2.05) is 53.8 Å². The molecule has 3 aliphatic rings. The van der Waals surface area contributed by atoms with Gasteiger partial charge in [-0.25, -0.2) is 14.7 Å². The van der Waals surface area contributed by atoms with E-state index >= 15 is 0 Å². The second-order valence-corrected chi connectivity index (χ2v) is 10.2. The molecule has 4 heterocycles. The molecule has 2 atom stereocenters. The van der Waals surface area contributed by atoms with Crippen molar-refractivity contribution >= 4 is 35.0 Å². The number of urea groups is 1. The second kappa shape index (κ2) is 9.20. The lowest BCUT2D eigenvalue weighted by Crippen LogP contribution is -2.40. The number of carbonyl (C=O) groups excluding carboxylic acids is 3. The zero-order valence-corrected chi connectivity index (χ0v) is 21.4. The van der Waals surface area contributed by atoms with Crippen LogP contribution in [0.5, 0.6) is 5.75 Å². The number of hydrogen-bond donors (Lipinski definition) is 1. The predicted octanol–water partition coefficient (Wildman–Crippen LogP) is 3.39. The number of nitrogens with two attached hydrogens (primary N) is 1. The van der Waals surface area contributed by atoms with Crippen molar-refractivity contribution in [2.24, 2.45) is 11.7 Å². The molecule has 0 bridgehead atoms. The SMILES string of the molecule is CC(C)[C@H]1C(=O)N(c2ccccc2)C(=O)N1c1cn2c(n1)-c1ccc(N3CCC[C@H]3C(N)=O)cc1OCC2. The van der Waals surface area contributed by atoms with E-state index < -0.39 is 12.1 Å². The van der Waals surface area contributed by atoms with E-state index in [1.54, 1.807) is 24.3 Å². The lowest BCUT2D eigenvalue weighted by Gasteiger charge is -2.25. The molecule has 10 heteroatoms. The first-order chi connectivity index (χ1) is 18.3. The summed E-state index contributed by atoms with van der Waals surface area (Å²) in [6.45, 7) is 5.56. The van der Waals surface area contributed by atoms with Crippen LogP contribution >= 0.6 is 0 Å². The Kier molecular flexibility index (Phi) is 5.81. The van der Waals surface area contributed by atoms with Gasteiger partial charge >= 0.3 is 6.03 Å². The fourth-order valence-corrected chi connectivity index (χ4v) is 5.73. The third-order valence-corrected chi connectivity index (χ3v) is 7.51. The number of primary amides is 1. The number of ether oxygens (including phenoxy) is 1. The first-order valence-corrected chi connectivity index (χ1v) is 13.0. The fraction of sp³-hybridized carbons (Fsp3) is 0.357. The minimum absolute atomic E-state index is 0.112. The van der Waals surface area contributed by atoms with E-state index in [0.29, 0.717) is 36.2 Å². The first kappa shape index (κ1) is 24.0. The van der Waals surface area contributed by atoms with Gasteiger partial charge in [0.05, 0.1) is 17.8 Å². The summed E-state index contributed by atoms with van der Waals surface area (Å²) >= 11 is 0. The Labute approximate surface area is 220 Å². The zero-order valence-electron chi connectivity index (χ0n) is 21.4. The van der Waals surface area contributed by atoms with Crippen LogP contribution in [0.4, 0.5) is 22.0 Å².